The van der Waals surface area contributed by atoms with Gasteiger partial charge in [0.25, 0.3) is 0 Å². The SMILES string of the molecule is CCCNc1ncc(CNC[C@H]2CCCN2CC)cn1. The highest BCUT2D eigenvalue weighted by Crippen LogP contribution is 2.15. The van der Waals surface area contributed by atoms with Crippen molar-refractivity contribution in [2.24, 2.45) is 0 Å². The molecular weight excluding hydrogens is 250 g/mol. The molecule has 2 N–H and O–H groups in total. The van der Waals surface area contributed by atoms with Gasteiger partial charge in [0.2, 0.25) is 5.95 Å². The molecule has 0 aliphatic carbocycles. The second-order valence-corrected chi connectivity index (χ2v) is 5.40. The summed E-state index contributed by atoms with van der Waals surface area (Å²) in [5.41, 5.74) is 1.15. The number of likely N-dealkylation sites (tertiary alicyclic amines) is 1. The van der Waals surface area contributed by atoms with Crippen LogP contribution in [0.5, 0.6) is 0 Å². The first-order valence-corrected chi connectivity index (χ1v) is 7.83. The minimum absolute atomic E-state index is 0.700. The summed E-state index contributed by atoms with van der Waals surface area (Å²) in [6.45, 7) is 9.62. The van der Waals surface area contributed by atoms with Gasteiger partial charge in [-0.2, -0.15) is 0 Å². The summed E-state index contributed by atoms with van der Waals surface area (Å²) in [7, 11) is 0. The van der Waals surface area contributed by atoms with Crippen LogP contribution in [-0.4, -0.2) is 47.1 Å². The maximum absolute atomic E-state index is 4.33. The van der Waals surface area contributed by atoms with Crippen molar-refractivity contribution in [3.8, 4) is 0 Å². The van der Waals surface area contributed by atoms with E-state index in [0.29, 0.717) is 6.04 Å². The standard InChI is InChI=1S/C15H27N5/c1-3-7-17-15-18-10-13(11-19-15)9-16-12-14-6-5-8-20(14)4-2/h10-11,14,16H,3-9,12H2,1-2H3,(H,17,18,19)/t14-/m1/s1. The van der Waals surface area contributed by atoms with Crippen LogP contribution in [0.2, 0.25) is 0 Å². The molecule has 2 rings (SSSR count). The Balaban J connectivity index is 1.71. The summed E-state index contributed by atoms with van der Waals surface area (Å²) in [5, 5.41) is 6.71. The van der Waals surface area contributed by atoms with Crippen molar-refractivity contribution in [3.63, 3.8) is 0 Å². The number of anilines is 1. The minimum Gasteiger partial charge on any atom is -0.354 e. The van der Waals surface area contributed by atoms with Crippen molar-refractivity contribution in [1.82, 2.24) is 20.2 Å². The van der Waals surface area contributed by atoms with Gasteiger partial charge in [0.15, 0.2) is 0 Å². The van der Waals surface area contributed by atoms with Crippen molar-refractivity contribution in [2.45, 2.75) is 45.7 Å². The van der Waals surface area contributed by atoms with Crippen LogP contribution in [0.15, 0.2) is 12.4 Å². The van der Waals surface area contributed by atoms with Crippen LogP contribution in [0, 0.1) is 0 Å². The lowest BCUT2D eigenvalue weighted by molar-refractivity contribution is 0.260. The monoisotopic (exact) mass is 277 g/mol. The maximum Gasteiger partial charge on any atom is 0.222 e. The maximum atomic E-state index is 4.33. The van der Waals surface area contributed by atoms with Crippen LogP contribution < -0.4 is 10.6 Å². The predicted octanol–water partition coefficient (Wildman–Crippen LogP) is 1.87. The van der Waals surface area contributed by atoms with Gasteiger partial charge in [0, 0.05) is 43.6 Å². The number of nitrogens with one attached hydrogen (secondary N) is 2. The number of hydrogen-bond donors (Lipinski definition) is 2. The summed E-state index contributed by atoms with van der Waals surface area (Å²) in [4.78, 5) is 11.2. The average Bonchev–Trinajstić information content (AvgIpc) is 2.94. The zero-order valence-electron chi connectivity index (χ0n) is 12.7. The van der Waals surface area contributed by atoms with E-state index in [9.17, 15) is 0 Å². The Morgan fingerprint density at radius 2 is 2.10 bits per heavy atom. The third-order valence-corrected chi connectivity index (χ3v) is 3.85. The molecule has 1 fully saturated rings. The summed E-state index contributed by atoms with van der Waals surface area (Å²) >= 11 is 0. The summed E-state index contributed by atoms with van der Waals surface area (Å²) in [5.74, 6) is 0.726. The summed E-state index contributed by atoms with van der Waals surface area (Å²) in [6, 6.07) is 0.700. The Labute approximate surface area is 122 Å². The van der Waals surface area contributed by atoms with E-state index in [1.807, 2.05) is 12.4 Å². The van der Waals surface area contributed by atoms with Crippen molar-refractivity contribution in [1.29, 1.82) is 0 Å². The fourth-order valence-corrected chi connectivity index (χ4v) is 2.70. The molecule has 2 heterocycles. The normalized spacial score (nSPS) is 19.4. The number of aromatic nitrogens is 2. The lowest BCUT2D eigenvalue weighted by Gasteiger charge is -2.22. The molecule has 0 radical (unpaired) electrons. The Morgan fingerprint density at radius 1 is 1.30 bits per heavy atom. The molecule has 0 bridgehead atoms. The predicted molar refractivity (Wildman–Crippen MR) is 82.8 cm³/mol. The molecular formula is C15H27N5. The highest BCUT2D eigenvalue weighted by molar-refractivity contribution is 5.24. The van der Waals surface area contributed by atoms with E-state index in [2.05, 4.69) is 39.3 Å². The van der Waals surface area contributed by atoms with E-state index < -0.39 is 0 Å². The highest BCUT2D eigenvalue weighted by atomic mass is 15.2. The molecule has 20 heavy (non-hydrogen) atoms. The number of hydrogen-bond acceptors (Lipinski definition) is 5. The molecule has 1 saturated heterocycles. The molecule has 1 aliphatic heterocycles. The van der Waals surface area contributed by atoms with E-state index in [1.165, 1.54) is 19.4 Å². The first-order valence-electron chi connectivity index (χ1n) is 7.83. The third-order valence-electron chi connectivity index (χ3n) is 3.85. The number of likely N-dealkylation sites (N-methyl/N-ethyl adjacent to an activating group) is 1. The van der Waals surface area contributed by atoms with Crippen LogP contribution in [-0.2, 0) is 6.54 Å². The molecule has 5 heteroatoms. The Morgan fingerprint density at radius 3 is 2.80 bits per heavy atom. The van der Waals surface area contributed by atoms with E-state index in [0.717, 1.165) is 44.1 Å². The fourth-order valence-electron chi connectivity index (χ4n) is 2.70. The second kappa shape index (κ2) is 8.17. The van der Waals surface area contributed by atoms with Gasteiger partial charge in [-0.05, 0) is 32.4 Å². The topological polar surface area (TPSA) is 53.1 Å². The summed E-state index contributed by atoms with van der Waals surface area (Å²) in [6.07, 6.45) is 7.55. The van der Waals surface area contributed by atoms with Crippen molar-refractivity contribution >= 4 is 5.95 Å². The molecule has 0 aromatic carbocycles. The lowest BCUT2D eigenvalue weighted by atomic mass is 10.2. The van der Waals surface area contributed by atoms with Gasteiger partial charge in [-0.1, -0.05) is 13.8 Å². The van der Waals surface area contributed by atoms with E-state index >= 15 is 0 Å². The first-order chi connectivity index (χ1) is 9.83. The molecule has 112 valence electrons. The molecule has 1 aromatic heterocycles. The average molecular weight is 277 g/mol. The Bertz CT molecular complexity index is 378. The fraction of sp³-hybridized carbons (Fsp3) is 0.733. The Hall–Kier alpha value is -1.20. The lowest BCUT2D eigenvalue weighted by Crippen LogP contribution is -2.37. The molecule has 0 saturated carbocycles. The van der Waals surface area contributed by atoms with Crippen LogP contribution in [0.1, 0.15) is 38.7 Å². The smallest absolute Gasteiger partial charge is 0.222 e. The summed E-state index contributed by atoms with van der Waals surface area (Å²) < 4.78 is 0. The van der Waals surface area contributed by atoms with Gasteiger partial charge < -0.3 is 10.6 Å². The van der Waals surface area contributed by atoms with Gasteiger partial charge in [-0.3, -0.25) is 4.90 Å². The van der Waals surface area contributed by atoms with E-state index in [4.69, 9.17) is 0 Å². The van der Waals surface area contributed by atoms with Crippen molar-refractivity contribution in [2.75, 3.05) is 31.5 Å². The molecule has 1 atom stereocenters. The molecule has 0 spiro atoms. The zero-order valence-corrected chi connectivity index (χ0v) is 12.7. The van der Waals surface area contributed by atoms with E-state index in [1.54, 1.807) is 0 Å². The van der Waals surface area contributed by atoms with Gasteiger partial charge in [0.1, 0.15) is 0 Å². The van der Waals surface area contributed by atoms with Gasteiger partial charge in [0.05, 0.1) is 0 Å². The molecule has 0 amide bonds. The Kier molecular flexibility index (Phi) is 6.21. The van der Waals surface area contributed by atoms with Gasteiger partial charge >= 0.3 is 0 Å². The molecule has 1 aliphatic rings. The highest BCUT2D eigenvalue weighted by Gasteiger charge is 2.21. The van der Waals surface area contributed by atoms with Crippen LogP contribution in [0.25, 0.3) is 0 Å². The van der Waals surface area contributed by atoms with E-state index in [-0.39, 0.29) is 0 Å². The number of nitrogens with zero attached hydrogens (tertiary/aromatic N) is 3. The molecule has 1 aromatic rings. The zero-order chi connectivity index (χ0) is 14.2. The quantitative estimate of drug-likeness (QED) is 0.760. The first kappa shape index (κ1) is 15.2. The minimum atomic E-state index is 0.700. The van der Waals surface area contributed by atoms with Crippen molar-refractivity contribution in [3.05, 3.63) is 18.0 Å². The molecule has 0 unspecified atom stereocenters. The van der Waals surface area contributed by atoms with Crippen LogP contribution in [0.3, 0.4) is 0 Å². The van der Waals surface area contributed by atoms with Crippen LogP contribution >= 0.6 is 0 Å². The largest absolute Gasteiger partial charge is 0.354 e. The molecule has 5 nitrogen and oxygen atoms in total. The van der Waals surface area contributed by atoms with Gasteiger partial charge in [-0.25, -0.2) is 9.97 Å². The van der Waals surface area contributed by atoms with Gasteiger partial charge in [-0.15, -0.1) is 0 Å². The van der Waals surface area contributed by atoms with Crippen molar-refractivity contribution < 1.29 is 0 Å². The second-order valence-electron chi connectivity index (χ2n) is 5.40. The number of rotatable bonds is 8. The third kappa shape index (κ3) is 4.42. The van der Waals surface area contributed by atoms with Crippen LogP contribution in [0.4, 0.5) is 5.95 Å².